The Balaban J connectivity index is 1.17. The predicted octanol–water partition coefficient (Wildman–Crippen LogP) is 18.0. The fourth-order valence-corrected chi connectivity index (χ4v) is 11.1. The Labute approximate surface area is 403 Å². The van der Waals surface area contributed by atoms with Crippen LogP contribution < -0.4 is 9.64 Å². The van der Waals surface area contributed by atoms with Crippen LogP contribution in [0.5, 0.6) is 11.5 Å². The second-order valence-electron chi connectivity index (χ2n) is 17.9. The van der Waals surface area contributed by atoms with Crippen molar-refractivity contribution in [2.75, 3.05) is 4.90 Å². The minimum Gasteiger partial charge on any atom is -0.457 e. The summed E-state index contributed by atoms with van der Waals surface area (Å²) in [5, 5.41) is 0. The molecule has 0 bridgehead atoms. The van der Waals surface area contributed by atoms with Gasteiger partial charge in [0.25, 0.3) is 0 Å². The first kappa shape index (κ1) is 40.3. The van der Waals surface area contributed by atoms with E-state index >= 15 is 0 Å². The maximum atomic E-state index is 6.95. The molecule has 0 radical (unpaired) electrons. The molecule has 2 heteroatoms. The SMILES string of the molecule is c1ccc(-c2ccc(N3c4ccc(-c5ccccc5-c5ccccc5)cc4C4(c5ccccc5Oc5ccccc54)c4cc(-c5ccccc5-c5ccccc5)ccc43)c(-c3ccccc3)c2)cc1. The molecule has 2 nitrogen and oxygen atoms in total. The van der Waals surface area contributed by atoms with Gasteiger partial charge in [-0.3, -0.25) is 0 Å². The van der Waals surface area contributed by atoms with Gasteiger partial charge in [0.15, 0.2) is 0 Å². The van der Waals surface area contributed by atoms with Gasteiger partial charge in [-0.1, -0.05) is 224 Å². The zero-order valence-corrected chi connectivity index (χ0v) is 37.8. The average Bonchev–Trinajstić information content (AvgIpc) is 3.44. The van der Waals surface area contributed by atoms with Crippen molar-refractivity contribution < 1.29 is 4.74 Å². The van der Waals surface area contributed by atoms with Crippen LogP contribution in [0.15, 0.2) is 273 Å². The third kappa shape index (κ3) is 6.64. The zero-order valence-electron chi connectivity index (χ0n) is 37.8. The number of hydrogen-bond acceptors (Lipinski definition) is 2. The normalized spacial score (nSPS) is 12.8. The molecule has 0 aromatic heterocycles. The minimum absolute atomic E-state index is 0.807. The van der Waals surface area contributed by atoms with Gasteiger partial charge >= 0.3 is 0 Å². The van der Waals surface area contributed by atoms with Crippen molar-refractivity contribution in [2.45, 2.75) is 5.41 Å². The first-order chi connectivity index (χ1) is 34.2. The number of fused-ring (bicyclic) bond motifs is 8. The van der Waals surface area contributed by atoms with E-state index in [4.69, 9.17) is 4.74 Å². The lowest BCUT2D eigenvalue weighted by Gasteiger charge is -2.49. The number of nitrogens with zero attached hydrogens (tertiary/aromatic N) is 1. The molecule has 0 unspecified atom stereocenters. The average molecular weight is 880 g/mol. The summed E-state index contributed by atoms with van der Waals surface area (Å²) in [4.78, 5) is 2.54. The topological polar surface area (TPSA) is 12.5 Å². The lowest BCUT2D eigenvalue weighted by molar-refractivity contribution is 0.434. The number of para-hydroxylation sites is 2. The van der Waals surface area contributed by atoms with E-state index in [1.165, 1.54) is 55.6 Å². The lowest BCUT2D eigenvalue weighted by Crippen LogP contribution is -2.40. The molecule has 2 heterocycles. The van der Waals surface area contributed by atoms with Crippen molar-refractivity contribution in [1.82, 2.24) is 0 Å². The van der Waals surface area contributed by atoms with E-state index in [0.717, 1.165) is 61.9 Å². The Bertz CT molecular complexity index is 3510. The Morgan fingerprint density at radius 2 is 0.580 bits per heavy atom. The molecule has 0 fully saturated rings. The number of hydrogen-bond donors (Lipinski definition) is 0. The van der Waals surface area contributed by atoms with Crippen LogP contribution in [0.25, 0.3) is 66.8 Å². The molecule has 0 aliphatic carbocycles. The molecule has 69 heavy (non-hydrogen) atoms. The summed E-state index contributed by atoms with van der Waals surface area (Å²) in [5.41, 5.74) is 21.1. The molecule has 2 aliphatic rings. The number of ether oxygens (including phenoxy) is 1. The van der Waals surface area contributed by atoms with Gasteiger partial charge in [-0.15, -0.1) is 0 Å². The van der Waals surface area contributed by atoms with Gasteiger partial charge in [0.1, 0.15) is 11.5 Å². The van der Waals surface area contributed by atoms with E-state index in [1.807, 2.05) is 0 Å². The molecular formula is C67H45NO. The molecule has 11 aromatic rings. The summed E-state index contributed by atoms with van der Waals surface area (Å²) in [7, 11) is 0. The third-order valence-corrected chi connectivity index (χ3v) is 14.2. The van der Waals surface area contributed by atoms with Gasteiger partial charge in [0.05, 0.1) is 22.5 Å². The van der Waals surface area contributed by atoms with Crippen LogP contribution in [0.3, 0.4) is 0 Å². The first-order valence-electron chi connectivity index (χ1n) is 23.7. The van der Waals surface area contributed by atoms with Crippen LogP contribution in [0, 0.1) is 0 Å². The zero-order chi connectivity index (χ0) is 45.7. The molecule has 13 rings (SSSR count). The molecule has 0 saturated heterocycles. The quantitative estimate of drug-likeness (QED) is 0.158. The number of rotatable bonds is 7. The number of anilines is 3. The summed E-state index contributed by atoms with van der Waals surface area (Å²) in [6.45, 7) is 0. The van der Waals surface area contributed by atoms with E-state index in [2.05, 4.69) is 278 Å². The van der Waals surface area contributed by atoms with Gasteiger partial charge in [0, 0.05) is 16.7 Å². The van der Waals surface area contributed by atoms with Gasteiger partial charge in [-0.05, 0) is 121 Å². The Hall–Kier alpha value is -8.98. The highest BCUT2D eigenvalue weighted by Gasteiger charge is 2.51. The second kappa shape index (κ2) is 16.7. The summed E-state index contributed by atoms with van der Waals surface area (Å²) < 4.78 is 6.95. The molecule has 0 amide bonds. The van der Waals surface area contributed by atoms with Crippen LogP contribution in [0.1, 0.15) is 22.3 Å². The number of benzene rings is 11. The summed E-state index contributed by atoms with van der Waals surface area (Å²) >= 11 is 0. The molecular weight excluding hydrogens is 835 g/mol. The van der Waals surface area contributed by atoms with Crippen molar-refractivity contribution >= 4 is 17.1 Å². The second-order valence-corrected chi connectivity index (χ2v) is 17.9. The fourth-order valence-electron chi connectivity index (χ4n) is 11.1. The van der Waals surface area contributed by atoms with Crippen molar-refractivity contribution in [3.63, 3.8) is 0 Å². The molecule has 1 spiro atoms. The minimum atomic E-state index is -0.807. The van der Waals surface area contributed by atoms with Crippen molar-refractivity contribution in [3.8, 4) is 78.3 Å². The molecule has 0 saturated carbocycles. The highest BCUT2D eigenvalue weighted by Crippen LogP contribution is 2.64. The van der Waals surface area contributed by atoms with Gasteiger partial charge in [-0.2, -0.15) is 0 Å². The molecule has 0 N–H and O–H groups in total. The van der Waals surface area contributed by atoms with Gasteiger partial charge < -0.3 is 9.64 Å². The highest BCUT2D eigenvalue weighted by atomic mass is 16.5. The molecule has 324 valence electrons. The fraction of sp³-hybridized carbons (Fsp3) is 0.0149. The van der Waals surface area contributed by atoms with Crippen LogP contribution in [0.4, 0.5) is 17.1 Å². The highest BCUT2D eigenvalue weighted by molar-refractivity contribution is 5.99. The van der Waals surface area contributed by atoms with E-state index in [9.17, 15) is 0 Å². The standard InChI is InChI=1S/C67H45NO/c1-5-21-46(22-6-1)50-37-40-62(57(43-50)49-27-11-4-12-28-49)68-63-41-38-51(55-31-15-13-29-53(55)47-23-7-2-8-24-47)44-60(63)67(58-33-17-19-35-65(58)69-66-36-20-18-34-59(66)67)61-45-52(39-42-64(61)68)56-32-16-14-30-54(56)48-25-9-3-10-26-48/h1-45H. The lowest BCUT2D eigenvalue weighted by atomic mass is 9.60. The van der Waals surface area contributed by atoms with Gasteiger partial charge in [0.2, 0.25) is 0 Å². The molecule has 0 atom stereocenters. The van der Waals surface area contributed by atoms with Crippen LogP contribution in [0.2, 0.25) is 0 Å². The maximum Gasteiger partial charge on any atom is 0.132 e. The van der Waals surface area contributed by atoms with E-state index in [0.29, 0.717) is 0 Å². The predicted molar refractivity (Wildman–Crippen MR) is 286 cm³/mol. The molecule has 2 aliphatic heterocycles. The van der Waals surface area contributed by atoms with E-state index in [-0.39, 0.29) is 0 Å². The van der Waals surface area contributed by atoms with Crippen molar-refractivity contribution in [1.29, 1.82) is 0 Å². The Morgan fingerprint density at radius 1 is 0.232 bits per heavy atom. The first-order valence-corrected chi connectivity index (χ1v) is 23.7. The monoisotopic (exact) mass is 879 g/mol. The van der Waals surface area contributed by atoms with Gasteiger partial charge in [-0.25, -0.2) is 0 Å². The van der Waals surface area contributed by atoms with Crippen LogP contribution in [-0.2, 0) is 5.41 Å². The van der Waals surface area contributed by atoms with Crippen molar-refractivity contribution in [2.24, 2.45) is 0 Å². The maximum absolute atomic E-state index is 6.95. The van der Waals surface area contributed by atoms with Crippen molar-refractivity contribution in [3.05, 3.63) is 295 Å². The summed E-state index contributed by atoms with van der Waals surface area (Å²) in [6.07, 6.45) is 0. The Morgan fingerprint density at radius 3 is 1.04 bits per heavy atom. The smallest absolute Gasteiger partial charge is 0.132 e. The third-order valence-electron chi connectivity index (χ3n) is 14.2. The van der Waals surface area contributed by atoms with E-state index in [1.54, 1.807) is 0 Å². The van der Waals surface area contributed by atoms with Crippen LogP contribution in [-0.4, -0.2) is 0 Å². The summed E-state index contributed by atoms with van der Waals surface area (Å²) in [6, 6.07) is 99.5. The largest absolute Gasteiger partial charge is 0.457 e. The summed E-state index contributed by atoms with van der Waals surface area (Å²) in [5.74, 6) is 1.70. The van der Waals surface area contributed by atoms with E-state index < -0.39 is 5.41 Å². The van der Waals surface area contributed by atoms with Crippen LogP contribution >= 0.6 is 0 Å². The Kier molecular flexibility index (Phi) is 9.77. The molecule has 11 aromatic carbocycles.